The first kappa shape index (κ1) is 20.5. The molecule has 1 aliphatic heterocycles. The highest BCUT2D eigenvalue weighted by Crippen LogP contribution is 2.22. The quantitative estimate of drug-likeness (QED) is 0.486. The van der Waals surface area contributed by atoms with Crippen molar-refractivity contribution < 1.29 is 9.32 Å². The lowest BCUT2D eigenvalue weighted by molar-refractivity contribution is -0.132. The topological polar surface area (TPSA) is 67.4 Å². The third kappa shape index (κ3) is 4.16. The van der Waals surface area contributed by atoms with Crippen LogP contribution in [0.2, 0.25) is 0 Å². The Balaban J connectivity index is 1.16. The third-order valence-electron chi connectivity index (χ3n) is 6.18. The number of amides is 1. The van der Waals surface area contributed by atoms with Crippen LogP contribution in [-0.2, 0) is 24.8 Å². The molecule has 0 bridgehead atoms. The number of hydrogen-bond acceptors (Lipinski definition) is 5. The Morgan fingerprint density at radius 2 is 1.78 bits per heavy atom. The van der Waals surface area contributed by atoms with Crippen LogP contribution < -0.4 is 0 Å². The molecule has 2 aromatic heterocycles. The van der Waals surface area contributed by atoms with Crippen LogP contribution >= 0.6 is 0 Å². The first-order chi connectivity index (χ1) is 15.6. The van der Waals surface area contributed by atoms with Crippen molar-refractivity contribution in [3.05, 3.63) is 71.7 Å². The first-order valence-electron chi connectivity index (χ1n) is 11.0. The summed E-state index contributed by atoms with van der Waals surface area (Å²) in [5.41, 5.74) is 4.40. The minimum atomic E-state index is 0.181. The minimum Gasteiger partial charge on any atom is -0.350 e. The maximum Gasteiger partial charge on any atom is 0.241 e. The molecule has 4 aromatic rings. The molecule has 1 fully saturated rings. The lowest BCUT2D eigenvalue weighted by Gasteiger charge is -2.34. The van der Waals surface area contributed by atoms with E-state index in [4.69, 9.17) is 4.52 Å². The van der Waals surface area contributed by atoms with Crippen molar-refractivity contribution in [2.75, 3.05) is 26.2 Å². The Hall–Kier alpha value is -3.45. The Bertz CT molecular complexity index is 1230. The lowest BCUT2D eigenvalue weighted by Crippen LogP contribution is -2.48. The number of carbonyl (C=O) groups is 1. The largest absolute Gasteiger partial charge is 0.350 e. The monoisotopic (exact) mass is 429 g/mol. The Morgan fingerprint density at radius 3 is 2.56 bits per heavy atom. The number of fused-ring (bicyclic) bond motifs is 1. The van der Waals surface area contributed by atoms with Crippen LogP contribution in [0.3, 0.4) is 0 Å². The van der Waals surface area contributed by atoms with Gasteiger partial charge in [0, 0.05) is 55.9 Å². The molecule has 0 aliphatic carbocycles. The van der Waals surface area contributed by atoms with Crippen molar-refractivity contribution >= 4 is 16.8 Å². The van der Waals surface area contributed by atoms with Gasteiger partial charge in [-0.2, -0.15) is 4.98 Å². The van der Waals surface area contributed by atoms with Gasteiger partial charge in [-0.25, -0.2) is 0 Å². The number of hydrogen-bond donors (Lipinski definition) is 0. The summed E-state index contributed by atoms with van der Waals surface area (Å²) in [6, 6.07) is 16.3. The van der Waals surface area contributed by atoms with Crippen LogP contribution in [0.25, 0.3) is 22.3 Å². The second-order valence-corrected chi connectivity index (χ2v) is 8.49. The fourth-order valence-corrected chi connectivity index (χ4v) is 4.33. The summed E-state index contributed by atoms with van der Waals surface area (Å²) in [7, 11) is 2.02. The van der Waals surface area contributed by atoms with Crippen molar-refractivity contribution in [1.82, 2.24) is 24.5 Å². The van der Waals surface area contributed by atoms with E-state index in [-0.39, 0.29) is 5.91 Å². The molecular formula is C25H27N5O2. The smallest absolute Gasteiger partial charge is 0.241 e. The summed E-state index contributed by atoms with van der Waals surface area (Å²) in [6.07, 6.45) is 2.50. The molecule has 2 aromatic carbocycles. The molecule has 7 nitrogen and oxygen atoms in total. The highest BCUT2D eigenvalue weighted by molar-refractivity contribution is 5.89. The van der Waals surface area contributed by atoms with Gasteiger partial charge in [0.05, 0.1) is 13.0 Å². The molecule has 164 valence electrons. The molecule has 1 aliphatic rings. The van der Waals surface area contributed by atoms with E-state index < -0.39 is 0 Å². The van der Waals surface area contributed by atoms with Crippen LogP contribution in [0.15, 0.2) is 59.3 Å². The third-order valence-corrected chi connectivity index (χ3v) is 6.18. The molecule has 3 heterocycles. The van der Waals surface area contributed by atoms with Gasteiger partial charge in [0.25, 0.3) is 0 Å². The van der Waals surface area contributed by atoms with Crippen LogP contribution in [0.4, 0.5) is 0 Å². The molecule has 0 unspecified atom stereocenters. The van der Waals surface area contributed by atoms with Crippen molar-refractivity contribution in [2.45, 2.75) is 19.9 Å². The standard InChI is InChI=1S/C25H27N5O2/c1-18-7-9-19(10-8-18)25-26-23(32-27-25)17-29-11-13-30(14-12-29)24(31)15-20-16-28(2)22-6-4-3-5-21(20)22/h3-10,16H,11-15,17H2,1-2H3. The molecule has 0 radical (unpaired) electrons. The van der Waals surface area contributed by atoms with Gasteiger partial charge in [-0.1, -0.05) is 53.2 Å². The summed E-state index contributed by atoms with van der Waals surface area (Å²) in [6.45, 7) is 5.67. The Labute approximate surface area is 187 Å². The van der Waals surface area contributed by atoms with Crippen molar-refractivity contribution in [3.8, 4) is 11.4 Å². The van der Waals surface area contributed by atoms with Gasteiger partial charge in [0.1, 0.15) is 0 Å². The molecule has 0 spiro atoms. The Kier molecular flexibility index (Phi) is 5.49. The number of carbonyl (C=O) groups excluding carboxylic acids is 1. The zero-order valence-electron chi connectivity index (χ0n) is 18.5. The minimum absolute atomic E-state index is 0.181. The molecule has 1 amide bonds. The second kappa shape index (κ2) is 8.59. The number of benzene rings is 2. The number of para-hydroxylation sites is 1. The molecule has 7 heteroatoms. The maximum absolute atomic E-state index is 12.9. The predicted molar refractivity (Wildman–Crippen MR) is 123 cm³/mol. The average Bonchev–Trinajstić information content (AvgIpc) is 3.40. The molecule has 0 N–H and O–H groups in total. The van der Waals surface area contributed by atoms with Gasteiger partial charge < -0.3 is 14.0 Å². The highest BCUT2D eigenvalue weighted by atomic mass is 16.5. The van der Waals surface area contributed by atoms with E-state index in [2.05, 4.69) is 44.9 Å². The summed E-state index contributed by atoms with van der Waals surface area (Å²) in [4.78, 5) is 21.7. The summed E-state index contributed by atoms with van der Waals surface area (Å²) in [5, 5.41) is 5.27. The van der Waals surface area contributed by atoms with Crippen molar-refractivity contribution in [3.63, 3.8) is 0 Å². The summed E-state index contributed by atoms with van der Waals surface area (Å²) < 4.78 is 7.55. The molecule has 0 saturated carbocycles. The van der Waals surface area contributed by atoms with Gasteiger partial charge in [-0.3, -0.25) is 9.69 Å². The van der Waals surface area contributed by atoms with Gasteiger partial charge >= 0.3 is 0 Å². The number of aryl methyl sites for hydroxylation is 2. The summed E-state index contributed by atoms with van der Waals surface area (Å²) in [5.74, 6) is 1.40. The number of piperazine rings is 1. The van der Waals surface area contributed by atoms with Crippen LogP contribution in [0.5, 0.6) is 0 Å². The van der Waals surface area contributed by atoms with E-state index in [9.17, 15) is 4.79 Å². The van der Waals surface area contributed by atoms with Crippen molar-refractivity contribution in [2.24, 2.45) is 7.05 Å². The van der Waals surface area contributed by atoms with E-state index in [0.717, 1.165) is 35.1 Å². The van der Waals surface area contributed by atoms with Gasteiger partial charge in [-0.05, 0) is 18.6 Å². The maximum atomic E-state index is 12.9. The number of rotatable bonds is 5. The van der Waals surface area contributed by atoms with Gasteiger partial charge in [0.15, 0.2) is 0 Å². The van der Waals surface area contributed by atoms with Crippen LogP contribution in [0.1, 0.15) is 17.0 Å². The van der Waals surface area contributed by atoms with E-state index in [1.807, 2.05) is 48.3 Å². The van der Waals surface area contributed by atoms with E-state index in [0.29, 0.717) is 37.8 Å². The van der Waals surface area contributed by atoms with Crippen LogP contribution in [-0.4, -0.2) is 56.6 Å². The molecule has 1 saturated heterocycles. The molecule has 0 atom stereocenters. The van der Waals surface area contributed by atoms with E-state index in [1.54, 1.807) is 0 Å². The normalized spacial score (nSPS) is 14.9. The van der Waals surface area contributed by atoms with Crippen LogP contribution in [0, 0.1) is 6.92 Å². The fraction of sp³-hybridized carbons (Fsp3) is 0.320. The zero-order chi connectivity index (χ0) is 22.1. The summed E-state index contributed by atoms with van der Waals surface area (Å²) >= 11 is 0. The number of aromatic nitrogens is 3. The van der Waals surface area contributed by atoms with Gasteiger partial charge in [0.2, 0.25) is 17.6 Å². The average molecular weight is 430 g/mol. The molecule has 32 heavy (non-hydrogen) atoms. The second-order valence-electron chi connectivity index (χ2n) is 8.49. The molecule has 5 rings (SSSR count). The zero-order valence-corrected chi connectivity index (χ0v) is 18.5. The SMILES string of the molecule is Cc1ccc(-c2noc(CN3CCN(C(=O)Cc4cn(C)c5ccccc45)CC3)n2)cc1. The Morgan fingerprint density at radius 1 is 1.03 bits per heavy atom. The highest BCUT2D eigenvalue weighted by Gasteiger charge is 2.23. The molecular weight excluding hydrogens is 402 g/mol. The van der Waals surface area contributed by atoms with E-state index in [1.165, 1.54) is 5.56 Å². The van der Waals surface area contributed by atoms with Crippen molar-refractivity contribution in [1.29, 1.82) is 0 Å². The van der Waals surface area contributed by atoms with Gasteiger partial charge in [-0.15, -0.1) is 0 Å². The lowest BCUT2D eigenvalue weighted by atomic mass is 10.1. The first-order valence-corrected chi connectivity index (χ1v) is 11.0. The predicted octanol–water partition coefficient (Wildman–Crippen LogP) is 3.42. The van der Waals surface area contributed by atoms with E-state index >= 15 is 0 Å². The fourth-order valence-electron chi connectivity index (χ4n) is 4.33. The number of nitrogens with zero attached hydrogens (tertiary/aromatic N) is 5.